The number of halogens is 1. The first-order valence-corrected chi connectivity index (χ1v) is 7.09. The lowest BCUT2D eigenvalue weighted by molar-refractivity contribution is 0.153. The van der Waals surface area contributed by atoms with E-state index in [4.69, 9.17) is 4.74 Å². The standard InChI is InChI=1S/C15H24N4O.HI/c1-16-15(18-11-14-4-8-19(2)12-14)17-7-3-13-5-9-20-10-6-13;/h4-5,8,12H,3,6-7,9-11H2,1-2H3,(H2,16,17,18);1H. The van der Waals surface area contributed by atoms with Gasteiger partial charge in [0.2, 0.25) is 0 Å². The second-order valence-corrected chi connectivity index (χ2v) is 4.98. The maximum Gasteiger partial charge on any atom is 0.191 e. The Balaban J connectivity index is 0.00000220. The number of aryl methyl sites for hydroxylation is 1. The molecule has 0 aliphatic carbocycles. The van der Waals surface area contributed by atoms with Crippen molar-refractivity contribution in [3.63, 3.8) is 0 Å². The third kappa shape index (κ3) is 6.52. The molecule has 1 aliphatic rings. The molecule has 1 aliphatic heterocycles. The number of guanidine groups is 1. The topological polar surface area (TPSA) is 50.6 Å². The van der Waals surface area contributed by atoms with Crippen molar-refractivity contribution in [2.75, 3.05) is 26.8 Å². The van der Waals surface area contributed by atoms with Crippen molar-refractivity contribution in [1.82, 2.24) is 15.2 Å². The van der Waals surface area contributed by atoms with Crippen molar-refractivity contribution in [2.24, 2.45) is 12.0 Å². The summed E-state index contributed by atoms with van der Waals surface area (Å²) in [7, 11) is 3.83. The molecule has 0 saturated heterocycles. The molecule has 0 amide bonds. The fraction of sp³-hybridized carbons (Fsp3) is 0.533. The molecule has 0 aromatic carbocycles. The van der Waals surface area contributed by atoms with Crippen molar-refractivity contribution >= 4 is 29.9 Å². The normalized spacial score (nSPS) is 15.1. The highest BCUT2D eigenvalue weighted by molar-refractivity contribution is 14.0. The number of ether oxygens (including phenoxy) is 1. The van der Waals surface area contributed by atoms with Crippen molar-refractivity contribution in [2.45, 2.75) is 19.4 Å². The molecule has 0 radical (unpaired) electrons. The number of nitrogens with zero attached hydrogens (tertiary/aromatic N) is 2. The first-order valence-electron chi connectivity index (χ1n) is 7.09. The van der Waals surface area contributed by atoms with Gasteiger partial charge in [0.05, 0.1) is 13.2 Å². The van der Waals surface area contributed by atoms with Gasteiger partial charge < -0.3 is 19.9 Å². The van der Waals surface area contributed by atoms with Gasteiger partial charge in [0.1, 0.15) is 0 Å². The number of aliphatic imine (C=N–C) groups is 1. The first-order chi connectivity index (χ1) is 9.78. The fourth-order valence-corrected chi connectivity index (χ4v) is 2.21. The van der Waals surface area contributed by atoms with E-state index in [0.717, 1.165) is 45.1 Å². The summed E-state index contributed by atoms with van der Waals surface area (Å²) < 4.78 is 7.35. The van der Waals surface area contributed by atoms with Gasteiger partial charge in [-0.2, -0.15) is 0 Å². The molecule has 118 valence electrons. The molecule has 5 nitrogen and oxygen atoms in total. The molecule has 0 saturated carbocycles. The van der Waals surface area contributed by atoms with Gasteiger partial charge in [0, 0.05) is 39.6 Å². The molecule has 0 spiro atoms. The summed E-state index contributed by atoms with van der Waals surface area (Å²) in [6, 6.07) is 2.10. The van der Waals surface area contributed by atoms with E-state index in [1.807, 2.05) is 17.8 Å². The minimum atomic E-state index is 0. The van der Waals surface area contributed by atoms with E-state index in [-0.39, 0.29) is 24.0 Å². The highest BCUT2D eigenvalue weighted by Gasteiger charge is 2.04. The Morgan fingerprint density at radius 3 is 2.90 bits per heavy atom. The van der Waals surface area contributed by atoms with Gasteiger partial charge in [0.15, 0.2) is 5.96 Å². The summed E-state index contributed by atoms with van der Waals surface area (Å²) in [6.45, 7) is 3.31. The number of hydrogen-bond acceptors (Lipinski definition) is 2. The number of nitrogens with one attached hydrogen (secondary N) is 2. The van der Waals surface area contributed by atoms with Gasteiger partial charge in [-0.1, -0.05) is 11.6 Å². The zero-order valence-electron chi connectivity index (χ0n) is 12.8. The van der Waals surface area contributed by atoms with Crippen molar-refractivity contribution in [1.29, 1.82) is 0 Å². The number of rotatable bonds is 5. The Hall–Kier alpha value is -1.02. The van der Waals surface area contributed by atoms with E-state index >= 15 is 0 Å². The van der Waals surface area contributed by atoms with Crippen LogP contribution < -0.4 is 10.6 Å². The van der Waals surface area contributed by atoms with Crippen LogP contribution >= 0.6 is 24.0 Å². The minimum Gasteiger partial charge on any atom is -0.377 e. The summed E-state index contributed by atoms with van der Waals surface area (Å²) in [4.78, 5) is 4.24. The number of hydrogen-bond donors (Lipinski definition) is 2. The van der Waals surface area contributed by atoms with E-state index in [1.165, 1.54) is 11.1 Å². The third-order valence-electron chi connectivity index (χ3n) is 3.37. The smallest absolute Gasteiger partial charge is 0.191 e. The molecular formula is C15H25IN4O. The maximum absolute atomic E-state index is 5.30. The fourth-order valence-electron chi connectivity index (χ4n) is 2.21. The van der Waals surface area contributed by atoms with E-state index in [1.54, 1.807) is 7.05 Å². The van der Waals surface area contributed by atoms with E-state index in [9.17, 15) is 0 Å². The van der Waals surface area contributed by atoms with E-state index in [0.29, 0.717) is 0 Å². The van der Waals surface area contributed by atoms with Crippen LogP contribution in [0.4, 0.5) is 0 Å². The Morgan fingerprint density at radius 1 is 1.43 bits per heavy atom. The molecule has 2 heterocycles. The van der Waals surface area contributed by atoms with Crippen LogP contribution in [0.2, 0.25) is 0 Å². The molecule has 1 aromatic rings. The first kappa shape index (κ1) is 18.0. The SMILES string of the molecule is CN=C(NCCC1=CCOCC1)NCc1ccn(C)c1.I. The Morgan fingerprint density at radius 2 is 2.29 bits per heavy atom. The summed E-state index contributed by atoms with van der Waals surface area (Å²) in [5.74, 6) is 0.849. The summed E-state index contributed by atoms with van der Waals surface area (Å²) >= 11 is 0. The molecule has 2 N–H and O–H groups in total. The molecule has 0 atom stereocenters. The molecule has 1 aromatic heterocycles. The lowest BCUT2D eigenvalue weighted by Gasteiger charge is -2.15. The lowest BCUT2D eigenvalue weighted by atomic mass is 10.1. The highest BCUT2D eigenvalue weighted by Crippen LogP contribution is 2.10. The largest absolute Gasteiger partial charge is 0.377 e. The predicted molar refractivity (Wildman–Crippen MR) is 97.2 cm³/mol. The summed E-state index contributed by atoms with van der Waals surface area (Å²) in [5, 5.41) is 6.66. The average molecular weight is 404 g/mol. The molecule has 6 heteroatoms. The summed E-state index contributed by atoms with van der Waals surface area (Å²) in [6.07, 6.45) is 8.44. The quantitative estimate of drug-likeness (QED) is 0.342. The van der Waals surface area contributed by atoms with Crippen LogP contribution in [0.15, 0.2) is 35.1 Å². The maximum atomic E-state index is 5.30. The van der Waals surface area contributed by atoms with Crippen LogP contribution in [0.25, 0.3) is 0 Å². The average Bonchev–Trinajstić information content (AvgIpc) is 2.89. The third-order valence-corrected chi connectivity index (χ3v) is 3.37. The highest BCUT2D eigenvalue weighted by atomic mass is 127. The van der Waals surface area contributed by atoms with Crippen LogP contribution in [0.3, 0.4) is 0 Å². The Labute approximate surface area is 143 Å². The zero-order chi connectivity index (χ0) is 14.2. The van der Waals surface area contributed by atoms with Gasteiger partial charge in [-0.05, 0) is 24.5 Å². The van der Waals surface area contributed by atoms with Gasteiger partial charge in [-0.25, -0.2) is 0 Å². The molecular weight excluding hydrogens is 379 g/mol. The van der Waals surface area contributed by atoms with Gasteiger partial charge in [0.25, 0.3) is 0 Å². The Kier molecular flexibility index (Phi) is 8.44. The molecule has 0 bridgehead atoms. The van der Waals surface area contributed by atoms with Crippen LogP contribution in [-0.2, 0) is 18.3 Å². The molecule has 2 rings (SSSR count). The van der Waals surface area contributed by atoms with Crippen molar-refractivity contribution in [3.8, 4) is 0 Å². The number of aromatic nitrogens is 1. The van der Waals surface area contributed by atoms with Gasteiger partial charge in [-0.15, -0.1) is 24.0 Å². The van der Waals surface area contributed by atoms with Crippen molar-refractivity contribution < 1.29 is 4.74 Å². The summed E-state index contributed by atoms with van der Waals surface area (Å²) in [5.41, 5.74) is 2.73. The zero-order valence-corrected chi connectivity index (χ0v) is 15.1. The van der Waals surface area contributed by atoms with E-state index < -0.39 is 0 Å². The predicted octanol–water partition coefficient (Wildman–Crippen LogP) is 2.04. The monoisotopic (exact) mass is 404 g/mol. The second kappa shape index (κ2) is 9.83. The van der Waals surface area contributed by atoms with Gasteiger partial charge >= 0.3 is 0 Å². The van der Waals surface area contributed by atoms with Crippen LogP contribution in [0, 0.1) is 0 Å². The van der Waals surface area contributed by atoms with Crippen LogP contribution in [0.5, 0.6) is 0 Å². The Bertz CT molecular complexity index is 482. The van der Waals surface area contributed by atoms with Crippen molar-refractivity contribution in [3.05, 3.63) is 35.7 Å². The molecule has 0 unspecified atom stereocenters. The van der Waals surface area contributed by atoms with Crippen LogP contribution in [-0.4, -0.2) is 37.3 Å². The molecule has 0 fully saturated rings. The molecule has 21 heavy (non-hydrogen) atoms. The van der Waals surface area contributed by atoms with Crippen LogP contribution in [0.1, 0.15) is 18.4 Å². The van der Waals surface area contributed by atoms with Gasteiger partial charge in [-0.3, -0.25) is 4.99 Å². The second-order valence-electron chi connectivity index (χ2n) is 4.98. The van der Waals surface area contributed by atoms with E-state index in [2.05, 4.69) is 34.0 Å². The lowest BCUT2D eigenvalue weighted by Crippen LogP contribution is -2.37. The minimum absolute atomic E-state index is 0.